The Labute approximate surface area is 126 Å². The van der Waals surface area contributed by atoms with Gasteiger partial charge in [-0.2, -0.15) is 11.8 Å². The van der Waals surface area contributed by atoms with Gasteiger partial charge in [-0.05, 0) is 31.8 Å². The standard InChI is InChI=1S/C13H25N3O2S2/c1-20(17,18)12-9-19-7-6-16(12)13(10-14)3-5-15-4-2-11(13)8-15/h11-12H,2-10,14H2,1H3. The average molecular weight is 319 g/mol. The first-order valence-corrected chi connectivity index (χ1v) is 10.5. The topological polar surface area (TPSA) is 66.6 Å². The maximum atomic E-state index is 12.2. The van der Waals surface area contributed by atoms with Gasteiger partial charge < -0.3 is 10.6 Å². The maximum absolute atomic E-state index is 12.2. The molecule has 2 bridgehead atoms. The molecule has 4 unspecified atom stereocenters. The van der Waals surface area contributed by atoms with Crippen molar-refractivity contribution in [3.05, 3.63) is 0 Å². The number of hydrogen-bond acceptors (Lipinski definition) is 6. The number of hydrogen-bond donors (Lipinski definition) is 1. The van der Waals surface area contributed by atoms with Crippen molar-refractivity contribution in [1.29, 1.82) is 0 Å². The van der Waals surface area contributed by atoms with Crippen molar-refractivity contribution in [2.45, 2.75) is 23.8 Å². The molecular formula is C13H25N3O2S2. The molecule has 0 amide bonds. The van der Waals surface area contributed by atoms with E-state index in [9.17, 15) is 8.42 Å². The lowest BCUT2D eigenvalue weighted by atomic mass is 9.77. The van der Waals surface area contributed by atoms with Gasteiger partial charge in [0.15, 0.2) is 9.84 Å². The third-order valence-corrected chi connectivity index (χ3v) is 8.04. The molecule has 3 aliphatic heterocycles. The third-order valence-electron chi connectivity index (χ3n) is 5.40. The van der Waals surface area contributed by atoms with Gasteiger partial charge in [-0.25, -0.2) is 8.42 Å². The van der Waals surface area contributed by atoms with E-state index >= 15 is 0 Å². The van der Waals surface area contributed by atoms with Crippen LogP contribution in [-0.4, -0.2) is 79.6 Å². The summed E-state index contributed by atoms with van der Waals surface area (Å²) in [6.07, 6.45) is 3.56. The third kappa shape index (κ3) is 2.41. The maximum Gasteiger partial charge on any atom is 0.164 e. The number of nitrogens with zero attached hydrogens (tertiary/aromatic N) is 2. The van der Waals surface area contributed by atoms with Gasteiger partial charge in [-0.15, -0.1) is 0 Å². The quantitative estimate of drug-likeness (QED) is 0.779. The van der Waals surface area contributed by atoms with Gasteiger partial charge >= 0.3 is 0 Å². The Hall–Kier alpha value is 0.180. The van der Waals surface area contributed by atoms with Crippen LogP contribution in [0.2, 0.25) is 0 Å². The lowest BCUT2D eigenvalue weighted by Gasteiger charge is -2.53. The van der Waals surface area contributed by atoms with Crippen molar-refractivity contribution < 1.29 is 8.42 Å². The second-order valence-corrected chi connectivity index (χ2v) is 9.75. The Morgan fingerprint density at radius 3 is 2.85 bits per heavy atom. The molecule has 0 saturated carbocycles. The predicted molar refractivity (Wildman–Crippen MR) is 83.6 cm³/mol. The summed E-state index contributed by atoms with van der Waals surface area (Å²) >= 11 is 1.75. The zero-order valence-electron chi connectivity index (χ0n) is 12.1. The number of rotatable bonds is 3. The highest BCUT2D eigenvalue weighted by Gasteiger charge is 2.52. The van der Waals surface area contributed by atoms with Crippen LogP contribution in [-0.2, 0) is 9.84 Å². The highest BCUT2D eigenvalue weighted by molar-refractivity contribution is 8.00. The smallest absolute Gasteiger partial charge is 0.164 e. The molecule has 0 aromatic carbocycles. The summed E-state index contributed by atoms with van der Waals surface area (Å²) < 4.78 is 24.4. The van der Waals surface area contributed by atoms with Crippen LogP contribution in [0.5, 0.6) is 0 Å². The van der Waals surface area contributed by atoms with Gasteiger partial charge in [0.05, 0.1) is 0 Å². The van der Waals surface area contributed by atoms with Crippen LogP contribution < -0.4 is 5.73 Å². The molecule has 0 radical (unpaired) electrons. The van der Waals surface area contributed by atoms with Crippen molar-refractivity contribution in [2.24, 2.45) is 11.7 Å². The first-order chi connectivity index (χ1) is 9.47. The molecule has 0 aliphatic carbocycles. The fourth-order valence-electron chi connectivity index (χ4n) is 4.24. The Kier molecular flexibility index (Phi) is 4.09. The van der Waals surface area contributed by atoms with Gasteiger partial charge in [0.1, 0.15) is 5.37 Å². The van der Waals surface area contributed by atoms with Crippen molar-refractivity contribution in [1.82, 2.24) is 9.80 Å². The molecule has 4 atom stereocenters. The summed E-state index contributed by atoms with van der Waals surface area (Å²) in [5, 5.41) is -0.350. The first-order valence-electron chi connectivity index (χ1n) is 7.43. The molecule has 3 aliphatic rings. The van der Waals surface area contributed by atoms with Crippen molar-refractivity contribution >= 4 is 21.6 Å². The number of fused-ring (bicyclic) bond motifs is 2. The number of piperidine rings is 1. The minimum Gasteiger partial charge on any atom is -0.329 e. The van der Waals surface area contributed by atoms with Crippen LogP contribution in [0.15, 0.2) is 0 Å². The molecule has 116 valence electrons. The molecule has 3 heterocycles. The lowest BCUT2D eigenvalue weighted by Crippen LogP contribution is -2.67. The summed E-state index contributed by atoms with van der Waals surface area (Å²) in [6, 6.07) is 0. The molecule has 0 spiro atoms. The second kappa shape index (κ2) is 5.43. The van der Waals surface area contributed by atoms with Crippen LogP contribution in [0, 0.1) is 5.92 Å². The molecule has 3 fully saturated rings. The van der Waals surface area contributed by atoms with E-state index in [1.54, 1.807) is 11.8 Å². The fourth-order valence-corrected chi connectivity index (χ4v) is 7.17. The molecular weight excluding hydrogens is 294 g/mol. The van der Waals surface area contributed by atoms with E-state index in [0.717, 1.165) is 44.8 Å². The van der Waals surface area contributed by atoms with Gasteiger partial charge in [0.25, 0.3) is 0 Å². The Morgan fingerprint density at radius 2 is 2.15 bits per heavy atom. The molecule has 0 aromatic rings. The van der Waals surface area contributed by atoms with E-state index in [1.165, 1.54) is 6.26 Å². The van der Waals surface area contributed by atoms with Crippen LogP contribution in [0.4, 0.5) is 0 Å². The largest absolute Gasteiger partial charge is 0.329 e. The first kappa shape index (κ1) is 15.1. The highest BCUT2D eigenvalue weighted by Crippen LogP contribution is 2.42. The Morgan fingerprint density at radius 1 is 1.35 bits per heavy atom. The predicted octanol–water partition coefficient (Wildman–Crippen LogP) is -0.171. The van der Waals surface area contributed by atoms with Gasteiger partial charge in [0.2, 0.25) is 0 Å². The fraction of sp³-hybridized carbons (Fsp3) is 1.00. The van der Waals surface area contributed by atoms with E-state index < -0.39 is 9.84 Å². The summed E-state index contributed by atoms with van der Waals surface area (Å²) in [7, 11) is -3.05. The summed E-state index contributed by atoms with van der Waals surface area (Å²) in [5.74, 6) is 2.25. The average Bonchev–Trinajstić information content (AvgIpc) is 2.83. The monoisotopic (exact) mass is 319 g/mol. The van der Waals surface area contributed by atoms with E-state index in [0.29, 0.717) is 18.2 Å². The van der Waals surface area contributed by atoms with Crippen LogP contribution in [0.3, 0.4) is 0 Å². The van der Waals surface area contributed by atoms with E-state index in [1.807, 2.05) is 0 Å². The minimum absolute atomic E-state index is 0.0955. The number of thioether (sulfide) groups is 1. The zero-order chi connectivity index (χ0) is 14.4. The second-order valence-electron chi connectivity index (χ2n) is 6.40. The number of sulfone groups is 1. The van der Waals surface area contributed by atoms with Gasteiger partial charge in [0, 0.05) is 42.9 Å². The molecule has 0 aromatic heterocycles. The Balaban J connectivity index is 1.94. The zero-order valence-corrected chi connectivity index (χ0v) is 13.8. The number of nitrogens with two attached hydrogens (primary N) is 1. The molecule has 5 nitrogen and oxygen atoms in total. The van der Waals surface area contributed by atoms with Gasteiger partial charge in [-0.1, -0.05) is 0 Å². The lowest BCUT2D eigenvalue weighted by molar-refractivity contribution is 0.00462. The molecule has 7 heteroatoms. The summed E-state index contributed by atoms with van der Waals surface area (Å²) in [4.78, 5) is 4.76. The minimum atomic E-state index is -3.05. The Bertz CT molecular complexity index is 470. The summed E-state index contributed by atoms with van der Waals surface area (Å²) in [5.41, 5.74) is 6.10. The van der Waals surface area contributed by atoms with Gasteiger partial charge in [-0.3, -0.25) is 4.90 Å². The van der Waals surface area contributed by atoms with Crippen molar-refractivity contribution in [3.63, 3.8) is 0 Å². The van der Waals surface area contributed by atoms with Crippen molar-refractivity contribution in [3.8, 4) is 0 Å². The van der Waals surface area contributed by atoms with Crippen LogP contribution in [0.1, 0.15) is 12.8 Å². The SMILES string of the molecule is CS(=O)(=O)C1CSCCN1C1(CN)CCN2CCC1C2. The molecule has 2 N–H and O–H groups in total. The van der Waals surface area contributed by atoms with Crippen LogP contribution >= 0.6 is 11.8 Å². The van der Waals surface area contributed by atoms with E-state index in [4.69, 9.17) is 5.73 Å². The molecule has 3 saturated heterocycles. The van der Waals surface area contributed by atoms with Crippen LogP contribution in [0.25, 0.3) is 0 Å². The van der Waals surface area contributed by atoms with Crippen molar-refractivity contribution in [2.75, 3.05) is 50.5 Å². The molecule has 20 heavy (non-hydrogen) atoms. The van der Waals surface area contributed by atoms with E-state index in [-0.39, 0.29) is 10.9 Å². The normalized spacial score (nSPS) is 42.8. The molecule has 3 rings (SSSR count). The van der Waals surface area contributed by atoms with E-state index in [2.05, 4.69) is 9.80 Å². The summed E-state index contributed by atoms with van der Waals surface area (Å²) in [6.45, 7) is 4.75. The highest BCUT2D eigenvalue weighted by atomic mass is 32.2.